The molecule has 11 nitrogen and oxygen atoms in total. The van der Waals surface area contributed by atoms with Crippen LogP contribution in [-0.2, 0) is 16.1 Å². The maximum Gasteiger partial charge on any atom is 0.251 e. The molecule has 0 spiro atoms. The molecule has 38 heavy (non-hydrogen) atoms. The van der Waals surface area contributed by atoms with Crippen molar-refractivity contribution in [1.82, 2.24) is 25.3 Å². The predicted octanol–water partition coefficient (Wildman–Crippen LogP) is 1.74. The van der Waals surface area contributed by atoms with Crippen molar-refractivity contribution in [2.45, 2.75) is 31.9 Å². The van der Waals surface area contributed by atoms with Gasteiger partial charge in [-0.15, -0.1) is 0 Å². The average Bonchev–Trinajstić information content (AvgIpc) is 3.34. The number of ether oxygens (including phenoxy) is 1. The molecule has 0 radical (unpaired) electrons. The van der Waals surface area contributed by atoms with Crippen LogP contribution in [0.4, 0.5) is 10.3 Å². The molecule has 198 valence electrons. The molecule has 1 amide bonds. The van der Waals surface area contributed by atoms with E-state index in [1.807, 2.05) is 0 Å². The summed E-state index contributed by atoms with van der Waals surface area (Å²) in [6, 6.07) is 9.23. The number of rotatable bonds is 6. The summed E-state index contributed by atoms with van der Waals surface area (Å²) < 4.78 is 19.6. The number of hydrogen-bond donors (Lipinski definition) is 3. The normalized spacial score (nSPS) is 18.6. The molecule has 4 N–H and O–H groups in total. The van der Waals surface area contributed by atoms with Crippen LogP contribution < -0.4 is 16.0 Å². The second-order valence-corrected chi connectivity index (χ2v) is 9.16. The van der Waals surface area contributed by atoms with Gasteiger partial charge >= 0.3 is 0 Å². The van der Waals surface area contributed by atoms with Crippen molar-refractivity contribution < 1.29 is 23.9 Å². The number of aliphatic hydroxyl groups excluding tert-OH is 1. The standard InChI is InChI=1S/C26H28FN7O4/c1-14-24-21(32-26(28)29-14)11-20(31-25(24)33-38-13-23(36)34-9-8-16(35)12-34)17-7-6-15(27)10-18(17)19-4-3-5-22(30-19)37-2/h3-7,10,16,20,35H,8-9,11-13H2,1-2H3,(H,31,33)(H2,28,29,32)/t16-,20-/m1/s1. The SMILES string of the molecule is COc1cccc(-c2cc(F)ccc2[C@H]2Cc3nc(N)nc(C)c3C(NOCC(=O)N3CC[C@@H](O)C3)=N2)n1. The largest absolute Gasteiger partial charge is 0.481 e. The second-order valence-electron chi connectivity index (χ2n) is 9.16. The first-order valence-corrected chi connectivity index (χ1v) is 12.2. The quantitative estimate of drug-likeness (QED) is 0.413. The Morgan fingerprint density at radius 2 is 2.11 bits per heavy atom. The van der Waals surface area contributed by atoms with Crippen molar-refractivity contribution in [3.05, 3.63) is 64.7 Å². The minimum atomic E-state index is -0.517. The van der Waals surface area contributed by atoms with Crippen LogP contribution >= 0.6 is 0 Å². The van der Waals surface area contributed by atoms with E-state index in [0.29, 0.717) is 64.9 Å². The number of methoxy groups -OCH3 is 1. The maximum atomic E-state index is 14.4. The minimum Gasteiger partial charge on any atom is -0.481 e. The van der Waals surface area contributed by atoms with Gasteiger partial charge in [0, 0.05) is 31.1 Å². The molecule has 0 bridgehead atoms. The third-order valence-electron chi connectivity index (χ3n) is 6.55. The number of carbonyl (C=O) groups excluding carboxylic acids is 1. The summed E-state index contributed by atoms with van der Waals surface area (Å²) in [6.45, 7) is 2.30. The van der Waals surface area contributed by atoms with Crippen molar-refractivity contribution in [1.29, 1.82) is 0 Å². The van der Waals surface area contributed by atoms with Gasteiger partial charge in [-0.25, -0.2) is 24.8 Å². The molecular formula is C26H28FN7O4. The van der Waals surface area contributed by atoms with E-state index in [1.165, 1.54) is 19.2 Å². The van der Waals surface area contributed by atoms with Crippen LogP contribution in [0.15, 0.2) is 41.4 Å². The lowest BCUT2D eigenvalue weighted by Crippen LogP contribution is -2.37. The molecule has 2 aliphatic heterocycles. The number of hydroxylamine groups is 1. The fourth-order valence-electron chi connectivity index (χ4n) is 4.76. The van der Waals surface area contributed by atoms with E-state index in [9.17, 15) is 14.3 Å². The molecule has 12 heteroatoms. The Labute approximate surface area is 218 Å². The van der Waals surface area contributed by atoms with E-state index >= 15 is 0 Å². The number of anilines is 1. The number of nitrogens with two attached hydrogens (primary N) is 1. The number of halogens is 1. The van der Waals surface area contributed by atoms with Gasteiger partial charge in [0.15, 0.2) is 12.4 Å². The van der Waals surface area contributed by atoms with E-state index in [0.717, 1.165) is 0 Å². The molecule has 0 unspecified atom stereocenters. The molecule has 2 atom stereocenters. The van der Waals surface area contributed by atoms with Crippen LogP contribution in [0.5, 0.6) is 5.88 Å². The summed E-state index contributed by atoms with van der Waals surface area (Å²) >= 11 is 0. The number of aliphatic imine (C=N–C) groups is 1. The van der Waals surface area contributed by atoms with Crippen molar-refractivity contribution >= 4 is 17.7 Å². The van der Waals surface area contributed by atoms with Gasteiger partial charge in [0.2, 0.25) is 11.8 Å². The lowest BCUT2D eigenvalue weighted by atomic mass is 9.91. The van der Waals surface area contributed by atoms with Crippen molar-refractivity contribution in [2.24, 2.45) is 4.99 Å². The summed E-state index contributed by atoms with van der Waals surface area (Å²) in [4.78, 5) is 37.6. The van der Waals surface area contributed by atoms with Crippen molar-refractivity contribution in [3.63, 3.8) is 0 Å². The number of amides is 1. The van der Waals surface area contributed by atoms with Crippen LogP contribution in [0.2, 0.25) is 0 Å². The van der Waals surface area contributed by atoms with Crippen LogP contribution in [0, 0.1) is 12.7 Å². The number of aryl methyl sites for hydroxylation is 1. The van der Waals surface area contributed by atoms with Crippen LogP contribution in [0.3, 0.4) is 0 Å². The lowest BCUT2D eigenvalue weighted by molar-refractivity contribution is -0.136. The van der Waals surface area contributed by atoms with Crippen LogP contribution in [0.25, 0.3) is 11.3 Å². The summed E-state index contributed by atoms with van der Waals surface area (Å²) in [5.41, 5.74) is 12.4. The molecule has 2 aromatic heterocycles. The van der Waals surface area contributed by atoms with Gasteiger partial charge in [0.05, 0.1) is 41.9 Å². The molecule has 0 saturated carbocycles. The number of benzene rings is 1. The molecule has 0 aliphatic carbocycles. The van der Waals surface area contributed by atoms with Gasteiger partial charge in [-0.3, -0.25) is 14.6 Å². The number of amidine groups is 1. The van der Waals surface area contributed by atoms with E-state index in [2.05, 4.69) is 20.4 Å². The highest BCUT2D eigenvalue weighted by molar-refractivity contribution is 6.01. The Morgan fingerprint density at radius 3 is 2.87 bits per heavy atom. The Morgan fingerprint density at radius 1 is 1.26 bits per heavy atom. The topological polar surface area (TPSA) is 148 Å². The number of aromatic nitrogens is 3. The number of likely N-dealkylation sites (tertiary alicyclic amines) is 1. The Bertz CT molecular complexity index is 1400. The number of pyridine rings is 1. The number of nitrogen functional groups attached to an aromatic ring is 1. The maximum absolute atomic E-state index is 14.4. The fraction of sp³-hybridized carbons (Fsp3) is 0.346. The number of aliphatic hydroxyl groups is 1. The monoisotopic (exact) mass is 521 g/mol. The summed E-state index contributed by atoms with van der Waals surface area (Å²) in [5, 5.41) is 9.70. The zero-order valence-electron chi connectivity index (χ0n) is 21.0. The summed E-state index contributed by atoms with van der Waals surface area (Å²) in [6.07, 6.45) is 0.402. The van der Waals surface area contributed by atoms with Gasteiger partial charge in [-0.2, -0.15) is 0 Å². The highest BCUT2D eigenvalue weighted by atomic mass is 19.1. The van der Waals surface area contributed by atoms with Gasteiger partial charge in [-0.1, -0.05) is 12.1 Å². The molecular weight excluding hydrogens is 493 g/mol. The van der Waals surface area contributed by atoms with E-state index in [4.69, 9.17) is 20.3 Å². The fourth-order valence-corrected chi connectivity index (χ4v) is 4.76. The van der Waals surface area contributed by atoms with E-state index < -0.39 is 18.0 Å². The Kier molecular flexibility index (Phi) is 7.16. The number of nitrogens with zero attached hydrogens (tertiary/aromatic N) is 5. The van der Waals surface area contributed by atoms with Crippen molar-refractivity contribution in [2.75, 3.05) is 32.5 Å². The third kappa shape index (κ3) is 5.27. The number of hydrogen-bond acceptors (Lipinski definition) is 10. The molecule has 5 rings (SSSR count). The molecule has 1 saturated heterocycles. The second kappa shape index (κ2) is 10.7. The highest BCUT2D eigenvalue weighted by Gasteiger charge is 2.29. The number of nitrogens with one attached hydrogen (secondary N) is 1. The first-order chi connectivity index (χ1) is 18.3. The van der Waals surface area contributed by atoms with Gasteiger partial charge in [0.1, 0.15) is 5.82 Å². The molecule has 1 fully saturated rings. The number of carbonyl (C=O) groups is 1. The van der Waals surface area contributed by atoms with E-state index in [1.54, 1.807) is 36.1 Å². The average molecular weight is 522 g/mol. The summed E-state index contributed by atoms with van der Waals surface area (Å²) in [7, 11) is 1.52. The Balaban J connectivity index is 1.47. The number of β-amino-alcohol motifs (C(OH)–C–C–N with tert-alkyl or cyclic N) is 1. The molecule has 1 aromatic carbocycles. The van der Waals surface area contributed by atoms with Crippen LogP contribution in [-0.4, -0.2) is 69.6 Å². The van der Waals surface area contributed by atoms with Gasteiger partial charge < -0.3 is 20.5 Å². The highest BCUT2D eigenvalue weighted by Crippen LogP contribution is 2.36. The molecule has 3 aromatic rings. The van der Waals surface area contributed by atoms with E-state index in [-0.39, 0.29) is 25.0 Å². The first-order valence-electron chi connectivity index (χ1n) is 12.2. The summed E-state index contributed by atoms with van der Waals surface area (Å²) in [5.74, 6) is 0.188. The zero-order chi connectivity index (χ0) is 26.8. The van der Waals surface area contributed by atoms with Gasteiger partial charge in [-0.05, 0) is 37.1 Å². The van der Waals surface area contributed by atoms with Crippen molar-refractivity contribution in [3.8, 4) is 17.1 Å². The third-order valence-corrected chi connectivity index (χ3v) is 6.55. The first kappa shape index (κ1) is 25.5. The predicted molar refractivity (Wildman–Crippen MR) is 137 cm³/mol. The number of fused-ring (bicyclic) bond motifs is 1. The Hall–Kier alpha value is -4.16. The smallest absolute Gasteiger partial charge is 0.251 e. The zero-order valence-corrected chi connectivity index (χ0v) is 21.0. The van der Waals surface area contributed by atoms with Gasteiger partial charge in [0.25, 0.3) is 5.91 Å². The van der Waals surface area contributed by atoms with Crippen LogP contribution in [0.1, 0.15) is 35.0 Å². The molecule has 2 aliphatic rings. The molecule has 4 heterocycles. The lowest BCUT2D eigenvalue weighted by Gasteiger charge is -2.26. The minimum absolute atomic E-state index is 0.124.